The summed E-state index contributed by atoms with van der Waals surface area (Å²) in [6.07, 6.45) is 0. The fourth-order valence-electron chi connectivity index (χ4n) is 2.44. The topological polar surface area (TPSA) is 57.9 Å². The molecule has 0 aliphatic heterocycles. The number of methoxy groups -OCH3 is 3. The molecule has 0 aliphatic rings. The minimum atomic E-state index is -0.419. The highest BCUT2D eigenvalue weighted by molar-refractivity contribution is 5.85. The minimum Gasteiger partial charge on any atom is -0.497 e. The molecule has 0 amide bonds. The third-order valence-electron chi connectivity index (χ3n) is 3.62. The predicted octanol–water partition coefficient (Wildman–Crippen LogP) is 3.49. The Balaban J connectivity index is 2.22. The van der Waals surface area contributed by atoms with E-state index in [0.29, 0.717) is 28.4 Å². The van der Waals surface area contributed by atoms with Crippen molar-refractivity contribution in [3.63, 3.8) is 0 Å². The molecule has 0 atom stereocenters. The van der Waals surface area contributed by atoms with Crippen molar-refractivity contribution >= 4 is 11.0 Å². The highest BCUT2D eigenvalue weighted by Gasteiger charge is 2.12. The van der Waals surface area contributed by atoms with Crippen molar-refractivity contribution in [3.05, 3.63) is 52.9 Å². The van der Waals surface area contributed by atoms with E-state index in [-0.39, 0.29) is 0 Å². The lowest BCUT2D eigenvalue weighted by molar-refractivity contribution is 0.355. The highest BCUT2D eigenvalue weighted by Crippen LogP contribution is 2.33. The molecule has 0 spiro atoms. The molecule has 1 heterocycles. The van der Waals surface area contributed by atoms with Gasteiger partial charge in [-0.3, -0.25) is 0 Å². The van der Waals surface area contributed by atoms with Gasteiger partial charge in [-0.05, 0) is 29.8 Å². The van der Waals surface area contributed by atoms with E-state index in [4.69, 9.17) is 18.6 Å². The maximum Gasteiger partial charge on any atom is 0.344 e. The minimum absolute atomic E-state index is 0.419. The van der Waals surface area contributed by atoms with Gasteiger partial charge in [0.1, 0.15) is 11.3 Å². The first-order valence-electron chi connectivity index (χ1n) is 7.00. The average molecular weight is 312 g/mol. The summed E-state index contributed by atoms with van der Waals surface area (Å²) in [4.78, 5) is 12.3. The Kier molecular flexibility index (Phi) is 3.93. The molecule has 3 rings (SSSR count). The Hall–Kier alpha value is -2.95. The van der Waals surface area contributed by atoms with Crippen molar-refractivity contribution in [2.24, 2.45) is 0 Å². The van der Waals surface area contributed by atoms with Gasteiger partial charge in [0.05, 0.1) is 26.9 Å². The first kappa shape index (κ1) is 15.0. The Bertz CT molecular complexity index is 911. The Labute approximate surface area is 133 Å². The van der Waals surface area contributed by atoms with E-state index in [1.54, 1.807) is 38.5 Å². The SMILES string of the molecule is COc1cccc(-c2cc3cc(OC)c(OC)cc3oc2=O)c1. The molecule has 0 fully saturated rings. The summed E-state index contributed by atoms with van der Waals surface area (Å²) in [6.45, 7) is 0. The van der Waals surface area contributed by atoms with Crippen LogP contribution in [0.4, 0.5) is 0 Å². The van der Waals surface area contributed by atoms with Crippen molar-refractivity contribution in [2.75, 3.05) is 21.3 Å². The zero-order valence-corrected chi connectivity index (χ0v) is 13.1. The summed E-state index contributed by atoms with van der Waals surface area (Å²) in [5.41, 5.74) is 1.22. The Morgan fingerprint density at radius 1 is 0.870 bits per heavy atom. The van der Waals surface area contributed by atoms with Crippen molar-refractivity contribution in [1.29, 1.82) is 0 Å². The molecule has 0 radical (unpaired) electrons. The third-order valence-corrected chi connectivity index (χ3v) is 3.62. The third kappa shape index (κ3) is 2.73. The van der Waals surface area contributed by atoms with E-state index in [2.05, 4.69) is 0 Å². The number of ether oxygens (including phenoxy) is 3. The zero-order chi connectivity index (χ0) is 16.4. The maximum absolute atomic E-state index is 12.3. The Morgan fingerprint density at radius 2 is 1.61 bits per heavy atom. The lowest BCUT2D eigenvalue weighted by atomic mass is 10.1. The predicted molar refractivity (Wildman–Crippen MR) is 87.6 cm³/mol. The molecular weight excluding hydrogens is 296 g/mol. The lowest BCUT2D eigenvalue weighted by Crippen LogP contribution is -2.03. The van der Waals surface area contributed by atoms with E-state index >= 15 is 0 Å². The van der Waals surface area contributed by atoms with Crippen LogP contribution in [0.3, 0.4) is 0 Å². The monoisotopic (exact) mass is 312 g/mol. The van der Waals surface area contributed by atoms with E-state index in [0.717, 1.165) is 10.9 Å². The highest BCUT2D eigenvalue weighted by atomic mass is 16.5. The van der Waals surface area contributed by atoms with Crippen LogP contribution in [0, 0.1) is 0 Å². The molecule has 0 saturated carbocycles. The van der Waals surface area contributed by atoms with Crippen molar-refractivity contribution < 1.29 is 18.6 Å². The number of rotatable bonds is 4. The van der Waals surface area contributed by atoms with Crippen LogP contribution in [-0.2, 0) is 0 Å². The summed E-state index contributed by atoms with van der Waals surface area (Å²) in [7, 11) is 4.68. The molecule has 0 bridgehead atoms. The van der Waals surface area contributed by atoms with Crippen molar-refractivity contribution in [2.45, 2.75) is 0 Å². The smallest absolute Gasteiger partial charge is 0.344 e. The van der Waals surface area contributed by atoms with Gasteiger partial charge < -0.3 is 18.6 Å². The molecule has 23 heavy (non-hydrogen) atoms. The van der Waals surface area contributed by atoms with Crippen LogP contribution < -0.4 is 19.8 Å². The molecule has 118 valence electrons. The van der Waals surface area contributed by atoms with Gasteiger partial charge in [0.15, 0.2) is 11.5 Å². The van der Waals surface area contributed by atoms with E-state index in [9.17, 15) is 4.79 Å². The van der Waals surface area contributed by atoms with E-state index < -0.39 is 5.63 Å². The van der Waals surface area contributed by atoms with Gasteiger partial charge >= 0.3 is 5.63 Å². The first-order valence-corrected chi connectivity index (χ1v) is 7.00. The van der Waals surface area contributed by atoms with Crippen LogP contribution in [0.25, 0.3) is 22.1 Å². The molecule has 0 N–H and O–H groups in total. The second-order valence-corrected chi connectivity index (χ2v) is 4.92. The van der Waals surface area contributed by atoms with Crippen LogP contribution in [0.1, 0.15) is 0 Å². The molecule has 1 aromatic heterocycles. The van der Waals surface area contributed by atoms with Crippen molar-refractivity contribution in [3.8, 4) is 28.4 Å². The molecule has 3 aromatic rings. The van der Waals surface area contributed by atoms with Crippen LogP contribution in [0.15, 0.2) is 51.7 Å². The summed E-state index contributed by atoms with van der Waals surface area (Å²) in [6, 6.07) is 12.5. The molecule has 2 aromatic carbocycles. The first-order chi connectivity index (χ1) is 11.2. The number of hydrogen-bond acceptors (Lipinski definition) is 5. The van der Waals surface area contributed by atoms with Gasteiger partial charge in [-0.15, -0.1) is 0 Å². The van der Waals surface area contributed by atoms with E-state index in [1.807, 2.05) is 18.2 Å². The van der Waals surface area contributed by atoms with Crippen LogP contribution in [0.2, 0.25) is 0 Å². The molecular formula is C18H16O5. The Morgan fingerprint density at radius 3 is 2.30 bits per heavy atom. The summed E-state index contributed by atoms with van der Waals surface area (Å²) < 4.78 is 21.1. The zero-order valence-electron chi connectivity index (χ0n) is 13.1. The number of fused-ring (bicyclic) bond motifs is 1. The molecule has 5 heteroatoms. The van der Waals surface area contributed by atoms with Gasteiger partial charge in [-0.1, -0.05) is 12.1 Å². The number of hydrogen-bond donors (Lipinski definition) is 0. The molecule has 0 aliphatic carbocycles. The average Bonchev–Trinajstić information content (AvgIpc) is 2.60. The van der Waals surface area contributed by atoms with E-state index in [1.165, 1.54) is 7.11 Å². The van der Waals surface area contributed by atoms with Gasteiger partial charge in [0, 0.05) is 11.5 Å². The summed E-state index contributed by atoms with van der Waals surface area (Å²) in [5, 5.41) is 0.750. The molecule has 0 saturated heterocycles. The molecule has 0 unspecified atom stereocenters. The van der Waals surface area contributed by atoms with Crippen LogP contribution in [-0.4, -0.2) is 21.3 Å². The van der Waals surface area contributed by atoms with Crippen LogP contribution >= 0.6 is 0 Å². The largest absolute Gasteiger partial charge is 0.497 e. The van der Waals surface area contributed by atoms with Gasteiger partial charge in [-0.2, -0.15) is 0 Å². The van der Waals surface area contributed by atoms with Crippen molar-refractivity contribution in [1.82, 2.24) is 0 Å². The standard InChI is InChI=1S/C18H16O5/c1-20-13-6-4-5-11(7-13)14-8-12-9-16(21-2)17(22-3)10-15(12)23-18(14)19/h4-10H,1-3H3. The molecule has 5 nitrogen and oxygen atoms in total. The van der Waals surface area contributed by atoms with Gasteiger partial charge in [-0.25, -0.2) is 4.79 Å². The quantitative estimate of drug-likeness (QED) is 0.690. The normalized spacial score (nSPS) is 10.6. The number of benzene rings is 2. The fourth-order valence-corrected chi connectivity index (χ4v) is 2.44. The van der Waals surface area contributed by atoms with Crippen LogP contribution in [0.5, 0.6) is 17.2 Å². The fraction of sp³-hybridized carbons (Fsp3) is 0.167. The summed E-state index contributed by atoms with van der Waals surface area (Å²) in [5.74, 6) is 1.76. The second kappa shape index (κ2) is 6.04. The summed E-state index contributed by atoms with van der Waals surface area (Å²) >= 11 is 0. The maximum atomic E-state index is 12.3. The van der Waals surface area contributed by atoms with Gasteiger partial charge in [0.25, 0.3) is 0 Å². The second-order valence-electron chi connectivity index (χ2n) is 4.92. The lowest BCUT2D eigenvalue weighted by Gasteiger charge is -2.09. The van der Waals surface area contributed by atoms with Gasteiger partial charge in [0.2, 0.25) is 0 Å².